The number of benzene rings is 2. The zero-order valence-corrected chi connectivity index (χ0v) is 14.7. The van der Waals surface area contributed by atoms with Crippen molar-refractivity contribution in [1.82, 2.24) is 4.90 Å². The lowest BCUT2D eigenvalue weighted by molar-refractivity contribution is 0.801. The smallest absolute Gasteiger partial charge is 0.0961 e. The van der Waals surface area contributed by atoms with Crippen molar-refractivity contribution in [2.75, 3.05) is 7.05 Å². The average molecular weight is 307 g/mol. The number of aryl methyl sites for hydroxylation is 4. The van der Waals surface area contributed by atoms with Gasteiger partial charge < -0.3 is 4.90 Å². The van der Waals surface area contributed by atoms with E-state index in [1.165, 1.54) is 22.3 Å². The summed E-state index contributed by atoms with van der Waals surface area (Å²) in [6.07, 6.45) is 4.63. The van der Waals surface area contributed by atoms with Crippen molar-refractivity contribution >= 4 is 24.1 Å². The molecule has 0 aliphatic heterocycles. The fourth-order valence-corrected chi connectivity index (χ4v) is 2.37. The van der Waals surface area contributed by atoms with Gasteiger partial charge in [-0.2, -0.15) is 0 Å². The van der Waals surface area contributed by atoms with Gasteiger partial charge >= 0.3 is 0 Å². The van der Waals surface area contributed by atoms with Crippen LogP contribution < -0.4 is 0 Å². The Kier molecular flexibility index (Phi) is 5.69. The molecule has 0 spiro atoms. The Labute approximate surface area is 139 Å². The number of aliphatic imine (C=N–C) groups is 2. The highest BCUT2D eigenvalue weighted by molar-refractivity contribution is 5.78. The van der Waals surface area contributed by atoms with Crippen molar-refractivity contribution in [3.05, 3.63) is 58.7 Å². The Hall–Kier alpha value is -2.42. The van der Waals surface area contributed by atoms with Crippen molar-refractivity contribution < 1.29 is 0 Å². The molecule has 0 heterocycles. The van der Waals surface area contributed by atoms with Gasteiger partial charge in [-0.1, -0.05) is 36.8 Å². The highest BCUT2D eigenvalue weighted by Crippen LogP contribution is 2.20. The lowest BCUT2D eigenvalue weighted by Crippen LogP contribution is -2.12. The van der Waals surface area contributed by atoms with Crippen LogP contribution in [0.15, 0.2) is 46.4 Å². The lowest BCUT2D eigenvalue weighted by Gasteiger charge is -2.08. The molecular weight excluding hydrogens is 282 g/mol. The first-order chi connectivity index (χ1) is 11.0. The predicted octanol–water partition coefficient (Wildman–Crippen LogP) is 5.13. The quantitative estimate of drug-likeness (QED) is 0.556. The first-order valence-electron chi connectivity index (χ1n) is 7.96. The summed E-state index contributed by atoms with van der Waals surface area (Å²) in [6.45, 7) is 8.42. The highest BCUT2D eigenvalue weighted by Gasteiger charge is 1.98. The minimum absolute atomic E-state index is 0.985. The summed E-state index contributed by atoms with van der Waals surface area (Å²) in [6, 6.07) is 12.6. The third kappa shape index (κ3) is 4.78. The monoisotopic (exact) mass is 307 g/mol. The van der Waals surface area contributed by atoms with E-state index in [2.05, 4.69) is 68.0 Å². The topological polar surface area (TPSA) is 28.0 Å². The van der Waals surface area contributed by atoms with E-state index in [4.69, 9.17) is 0 Å². The van der Waals surface area contributed by atoms with Crippen LogP contribution >= 0.6 is 0 Å². The van der Waals surface area contributed by atoms with Crippen LogP contribution in [0.3, 0.4) is 0 Å². The molecular formula is C20H25N3. The maximum atomic E-state index is 4.54. The Balaban J connectivity index is 2.06. The zero-order valence-electron chi connectivity index (χ0n) is 14.7. The standard InChI is InChI=1S/C20H25N3/c1-6-18-8-10-20(17(4)12-18)22-14-23(5)13-21-19-9-7-15(2)11-16(19)3/h7-14H,6H2,1-5H3. The van der Waals surface area contributed by atoms with Crippen molar-refractivity contribution in [2.24, 2.45) is 9.98 Å². The Bertz CT molecular complexity index is 730. The molecule has 0 radical (unpaired) electrons. The fourth-order valence-electron chi connectivity index (χ4n) is 2.37. The Morgan fingerprint density at radius 2 is 1.43 bits per heavy atom. The molecule has 0 amide bonds. The molecule has 2 aromatic carbocycles. The normalized spacial score (nSPS) is 11.5. The molecule has 0 bridgehead atoms. The maximum Gasteiger partial charge on any atom is 0.0961 e. The molecule has 2 aromatic rings. The van der Waals surface area contributed by atoms with Gasteiger partial charge in [0.2, 0.25) is 0 Å². The third-order valence-electron chi connectivity index (χ3n) is 3.78. The summed E-state index contributed by atoms with van der Waals surface area (Å²) in [5.41, 5.74) is 6.94. The molecule has 0 aliphatic rings. The van der Waals surface area contributed by atoms with Gasteiger partial charge in [0, 0.05) is 7.05 Å². The predicted molar refractivity (Wildman–Crippen MR) is 101 cm³/mol. The van der Waals surface area contributed by atoms with Crippen LogP contribution in [0, 0.1) is 20.8 Å². The van der Waals surface area contributed by atoms with Crippen LogP contribution in [-0.4, -0.2) is 24.6 Å². The van der Waals surface area contributed by atoms with E-state index >= 15 is 0 Å². The van der Waals surface area contributed by atoms with Crippen molar-refractivity contribution in [3.63, 3.8) is 0 Å². The second-order valence-corrected chi connectivity index (χ2v) is 5.92. The van der Waals surface area contributed by atoms with Gasteiger partial charge in [-0.3, -0.25) is 0 Å². The Morgan fingerprint density at radius 1 is 0.870 bits per heavy atom. The first kappa shape index (κ1) is 16.9. The summed E-state index contributed by atoms with van der Waals surface area (Å²) in [4.78, 5) is 10.9. The molecule has 0 unspecified atom stereocenters. The highest BCUT2D eigenvalue weighted by atomic mass is 15.1. The van der Waals surface area contributed by atoms with Gasteiger partial charge in [0.05, 0.1) is 24.1 Å². The van der Waals surface area contributed by atoms with Gasteiger partial charge in [0.25, 0.3) is 0 Å². The molecule has 0 fully saturated rings. The van der Waals surface area contributed by atoms with E-state index < -0.39 is 0 Å². The zero-order chi connectivity index (χ0) is 16.8. The van der Waals surface area contributed by atoms with Crippen molar-refractivity contribution in [2.45, 2.75) is 34.1 Å². The molecule has 0 atom stereocenters. The van der Waals surface area contributed by atoms with Crippen LogP contribution in [0.25, 0.3) is 0 Å². The minimum Gasteiger partial charge on any atom is -0.326 e. The third-order valence-corrected chi connectivity index (χ3v) is 3.78. The molecule has 3 nitrogen and oxygen atoms in total. The van der Waals surface area contributed by atoms with E-state index in [0.717, 1.165) is 17.8 Å². The number of nitrogens with zero attached hydrogens (tertiary/aromatic N) is 3. The van der Waals surface area contributed by atoms with E-state index in [1.54, 1.807) is 12.7 Å². The van der Waals surface area contributed by atoms with Crippen LogP contribution in [-0.2, 0) is 6.42 Å². The summed E-state index contributed by atoms with van der Waals surface area (Å²) in [5, 5.41) is 0. The van der Waals surface area contributed by atoms with E-state index in [-0.39, 0.29) is 0 Å². The van der Waals surface area contributed by atoms with Gasteiger partial charge in [-0.15, -0.1) is 0 Å². The number of hydrogen-bond donors (Lipinski definition) is 0. The molecule has 2 rings (SSSR count). The van der Waals surface area contributed by atoms with E-state index in [9.17, 15) is 0 Å². The summed E-state index contributed by atoms with van der Waals surface area (Å²) >= 11 is 0. The van der Waals surface area contributed by atoms with Crippen molar-refractivity contribution in [1.29, 1.82) is 0 Å². The van der Waals surface area contributed by atoms with Gasteiger partial charge in [0.15, 0.2) is 0 Å². The molecule has 120 valence electrons. The summed E-state index contributed by atoms with van der Waals surface area (Å²) in [5.74, 6) is 0. The second-order valence-electron chi connectivity index (χ2n) is 5.92. The molecule has 0 N–H and O–H groups in total. The van der Waals surface area contributed by atoms with Crippen LogP contribution in [0.2, 0.25) is 0 Å². The molecule has 0 saturated carbocycles. The molecule has 0 aliphatic carbocycles. The van der Waals surface area contributed by atoms with Crippen LogP contribution in [0.5, 0.6) is 0 Å². The average Bonchev–Trinajstić information content (AvgIpc) is 2.52. The van der Waals surface area contributed by atoms with E-state index in [1.807, 2.05) is 18.0 Å². The fraction of sp³-hybridized carbons (Fsp3) is 0.300. The molecule has 23 heavy (non-hydrogen) atoms. The summed E-state index contributed by atoms with van der Waals surface area (Å²) < 4.78 is 0. The largest absolute Gasteiger partial charge is 0.326 e. The van der Waals surface area contributed by atoms with Gasteiger partial charge in [-0.25, -0.2) is 9.98 Å². The number of rotatable bonds is 5. The SMILES string of the molecule is CCc1ccc(N=CN(C)C=Nc2ccc(C)cc2C)c(C)c1. The van der Waals surface area contributed by atoms with Gasteiger partial charge in [-0.05, 0) is 56.0 Å². The van der Waals surface area contributed by atoms with Crippen LogP contribution in [0.1, 0.15) is 29.2 Å². The molecule has 0 saturated heterocycles. The summed E-state index contributed by atoms with van der Waals surface area (Å²) in [7, 11) is 1.94. The molecule has 0 aromatic heterocycles. The molecule has 3 heteroatoms. The van der Waals surface area contributed by atoms with Gasteiger partial charge in [0.1, 0.15) is 0 Å². The van der Waals surface area contributed by atoms with Crippen molar-refractivity contribution in [3.8, 4) is 0 Å². The number of hydrogen-bond acceptors (Lipinski definition) is 2. The van der Waals surface area contributed by atoms with Crippen LogP contribution in [0.4, 0.5) is 11.4 Å². The minimum atomic E-state index is 0.985. The maximum absolute atomic E-state index is 4.54. The Morgan fingerprint density at radius 3 is 1.96 bits per heavy atom. The van der Waals surface area contributed by atoms with E-state index in [0.29, 0.717) is 0 Å². The first-order valence-corrected chi connectivity index (χ1v) is 7.96. The second kappa shape index (κ2) is 7.73. The lowest BCUT2D eigenvalue weighted by atomic mass is 10.1.